The molecule has 3 heterocycles. The maximum Gasteiger partial charge on any atom is 0.220 e. The minimum absolute atomic E-state index is 0.242. The summed E-state index contributed by atoms with van der Waals surface area (Å²) >= 11 is 0. The molecule has 0 spiro atoms. The lowest BCUT2D eigenvalue weighted by atomic mass is 9.96. The van der Waals surface area contributed by atoms with Gasteiger partial charge < -0.3 is 89.9 Å². The summed E-state index contributed by atoms with van der Waals surface area (Å²) in [7, 11) is 0. The highest BCUT2D eigenvalue weighted by Crippen LogP contribution is 2.33. The maximum atomic E-state index is 13.5. The van der Waals surface area contributed by atoms with E-state index in [1.165, 1.54) is 173 Å². The smallest absolute Gasteiger partial charge is 0.220 e. The zero-order valence-electron chi connectivity index (χ0n) is 61.5. The number of hydrogen-bond donors (Lipinski definition) is 12. The molecule has 17 atom stereocenters. The Labute approximate surface area is 598 Å². The molecule has 99 heavy (non-hydrogen) atoms. The largest absolute Gasteiger partial charge is 0.394 e. The molecule has 3 rings (SSSR count). The molecule has 0 aromatic carbocycles. The summed E-state index contributed by atoms with van der Waals surface area (Å²) in [6.07, 6.45) is 51.2. The third-order valence-electron chi connectivity index (χ3n) is 19.5. The topological polar surface area (TPSA) is 307 Å². The summed E-state index contributed by atoms with van der Waals surface area (Å²) in [6, 6.07) is -0.892. The van der Waals surface area contributed by atoms with Crippen LogP contribution in [0.25, 0.3) is 0 Å². The predicted molar refractivity (Wildman–Crippen MR) is 392 cm³/mol. The molecule has 17 unspecified atom stereocenters. The first-order chi connectivity index (χ1) is 48.3. The van der Waals surface area contributed by atoms with Crippen molar-refractivity contribution in [2.75, 3.05) is 26.4 Å². The molecule has 19 heteroatoms. The Bertz CT molecular complexity index is 2070. The number of carbonyl (C=O) groups excluding carboxylic acids is 1. The highest BCUT2D eigenvalue weighted by Gasteiger charge is 2.54. The van der Waals surface area contributed by atoms with Gasteiger partial charge >= 0.3 is 0 Å². The van der Waals surface area contributed by atoms with Crippen LogP contribution in [0.4, 0.5) is 0 Å². The number of rotatable bonds is 62. The van der Waals surface area contributed by atoms with Crippen molar-refractivity contribution in [3.63, 3.8) is 0 Å². The second kappa shape index (κ2) is 60.5. The van der Waals surface area contributed by atoms with Crippen molar-refractivity contribution >= 4 is 5.91 Å². The van der Waals surface area contributed by atoms with E-state index in [1.807, 2.05) is 0 Å². The maximum absolute atomic E-state index is 13.5. The SMILES string of the molecule is CC/C=C\C/C=C\C/C=C\C/C=C\C/C=C\C/C=C\CCCCCCCCCCCCCCCCC(=O)NC(COC1OC(CO)C(OC2OC(CO)C(OC3OC(CO)C(O)C(O)C3O)C(O)C2O)C(O)C1O)C(O)CCCCCCCCCCCCCCCCCCCCCCC. The number of allylic oxidation sites excluding steroid dienone is 12. The second-order valence-corrected chi connectivity index (χ2v) is 28.2. The van der Waals surface area contributed by atoms with Crippen molar-refractivity contribution < 1.29 is 89.4 Å². The molecule has 0 saturated carbocycles. The average molecular weight is 1410 g/mol. The van der Waals surface area contributed by atoms with E-state index in [9.17, 15) is 61.0 Å². The summed E-state index contributed by atoms with van der Waals surface area (Å²) in [6.45, 7) is 1.72. The number of unbranched alkanes of at least 4 members (excludes halogenated alkanes) is 34. The first-order valence-electron chi connectivity index (χ1n) is 39.7. The molecule has 3 aliphatic rings. The Morgan fingerprint density at radius 2 is 0.697 bits per heavy atom. The summed E-state index contributed by atoms with van der Waals surface area (Å²) < 4.78 is 34.5. The average Bonchev–Trinajstić information content (AvgIpc) is 0.761. The van der Waals surface area contributed by atoms with Gasteiger partial charge in [-0.15, -0.1) is 0 Å². The summed E-state index contributed by atoms with van der Waals surface area (Å²) in [5.74, 6) is -0.242. The number of hydrogen-bond acceptors (Lipinski definition) is 18. The van der Waals surface area contributed by atoms with Crippen molar-refractivity contribution in [1.29, 1.82) is 0 Å². The molecular weight excluding hydrogens is 1260 g/mol. The van der Waals surface area contributed by atoms with Crippen LogP contribution < -0.4 is 5.32 Å². The lowest BCUT2D eigenvalue weighted by Crippen LogP contribution is -2.66. The van der Waals surface area contributed by atoms with Crippen LogP contribution in [0.2, 0.25) is 0 Å². The third-order valence-corrected chi connectivity index (χ3v) is 19.5. The highest BCUT2D eigenvalue weighted by atomic mass is 16.8. The van der Waals surface area contributed by atoms with Gasteiger partial charge in [0, 0.05) is 6.42 Å². The van der Waals surface area contributed by atoms with Gasteiger partial charge in [0.1, 0.15) is 73.2 Å². The molecule has 3 saturated heterocycles. The Morgan fingerprint density at radius 3 is 1.09 bits per heavy atom. The number of aliphatic hydroxyl groups excluding tert-OH is 11. The van der Waals surface area contributed by atoms with E-state index in [0.717, 1.165) is 89.9 Å². The Hall–Kier alpha value is -2.77. The summed E-state index contributed by atoms with van der Waals surface area (Å²) in [5, 5.41) is 121. The van der Waals surface area contributed by atoms with Crippen molar-refractivity contribution in [2.24, 2.45) is 0 Å². The molecule has 0 aliphatic carbocycles. The van der Waals surface area contributed by atoms with Crippen molar-refractivity contribution in [2.45, 2.75) is 401 Å². The van der Waals surface area contributed by atoms with Crippen molar-refractivity contribution in [1.82, 2.24) is 5.32 Å². The van der Waals surface area contributed by atoms with E-state index in [2.05, 4.69) is 92.1 Å². The standard InChI is InChI=1S/C80H143NO18/c1-3-5-7-9-11-13-15-17-19-21-23-25-26-27-28-29-30-31-32-33-34-35-36-38-40-42-44-46-48-50-52-54-56-58-68(86)81-63(64(85)57-55-53-51-49-47-45-43-41-39-37-24-22-20-18-16-14-12-10-8-6-4-2)62-94-78-74(92)71(89)76(66(60-83)96-78)99-80-75(93)72(90)77(67(61-84)97-80)98-79-73(91)70(88)69(87)65(59-82)95-79/h5,7,11,13,17,19,23,25,27-28,30-31,63-67,69-80,82-85,87-93H,3-4,6,8-10,12,14-16,18,20-22,24,26,29,32-62H2,1-2H3,(H,81,86)/b7-5-,13-11-,19-17-,25-23-,28-27-,31-30-. The normalized spacial score (nSPS) is 27.0. The number of ether oxygens (including phenoxy) is 6. The van der Waals surface area contributed by atoms with Crippen LogP contribution in [-0.2, 0) is 33.2 Å². The Kier molecular flexibility index (Phi) is 55.3. The molecule has 0 aromatic rings. The first kappa shape index (κ1) is 90.4. The fraction of sp³-hybridized carbons (Fsp3) is 0.838. The molecule has 0 aromatic heterocycles. The van der Waals surface area contributed by atoms with Gasteiger partial charge in [0.15, 0.2) is 18.9 Å². The highest BCUT2D eigenvalue weighted by molar-refractivity contribution is 5.76. The van der Waals surface area contributed by atoms with Crippen LogP contribution >= 0.6 is 0 Å². The van der Waals surface area contributed by atoms with Crippen LogP contribution in [-0.4, -0.2) is 193 Å². The molecule has 12 N–H and O–H groups in total. The molecule has 1 amide bonds. The molecular formula is C80H143NO18. The minimum Gasteiger partial charge on any atom is -0.394 e. The third kappa shape index (κ3) is 40.9. The van der Waals surface area contributed by atoms with Crippen molar-refractivity contribution in [3.05, 3.63) is 72.9 Å². The molecule has 3 fully saturated rings. The molecule has 576 valence electrons. The minimum atomic E-state index is -1.97. The van der Waals surface area contributed by atoms with E-state index in [1.54, 1.807) is 0 Å². The Balaban J connectivity index is 1.36. The number of nitrogens with one attached hydrogen (secondary N) is 1. The van der Waals surface area contributed by atoms with E-state index >= 15 is 0 Å². The van der Waals surface area contributed by atoms with Crippen LogP contribution in [0.1, 0.15) is 296 Å². The van der Waals surface area contributed by atoms with Gasteiger partial charge in [0.2, 0.25) is 5.91 Å². The van der Waals surface area contributed by atoms with Gasteiger partial charge in [-0.05, 0) is 64.2 Å². The number of carbonyl (C=O) groups is 1. The first-order valence-corrected chi connectivity index (χ1v) is 39.7. The van der Waals surface area contributed by atoms with Gasteiger partial charge in [0.05, 0.1) is 38.6 Å². The quantitative estimate of drug-likeness (QED) is 0.0199. The molecule has 0 bridgehead atoms. The van der Waals surface area contributed by atoms with Crippen LogP contribution in [0.5, 0.6) is 0 Å². The van der Waals surface area contributed by atoms with E-state index in [-0.39, 0.29) is 18.9 Å². The lowest BCUT2D eigenvalue weighted by Gasteiger charge is -2.48. The fourth-order valence-corrected chi connectivity index (χ4v) is 13.2. The monoisotopic (exact) mass is 1410 g/mol. The van der Waals surface area contributed by atoms with Crippen LogP contribution in [0.3, 0.4) is 0 Å². The van der Waals surface area contributed by atoms with Gasteiger partial charge in [-0.25, -0.2) is 0 Å². The lowest BCUT2D eigenvalue weighted by molar-refractivity contribution is -0.379. The fourth-order valence-electron chi connectivity index (χ4n) is 13.2. The zero-order valence-corrected chi connectivity index (χ0v) is 61.5. The summed E-state index contributed by atoms with van der Waals surface area (Å²) in [5.41, 5.74) is 0. The van der Waals surface area contributed by atoms with Gasteiger partial charge in [-0.3, -0.25) is 4.79 Å². The number of aliphatic hydroxyl groups is 11. The van der Waals surface area contributed by atoms with Crippen LogP contribution in [0, 0.1) is 0 Å². The molecule has 19 nitrogen and oxygen atoms in total. The number of amides is 1. The van der Waals surface area contributed by atoms with Gasteiger partial charge in [-0.1, -0.05) is 299 Å². The second-order valence-electron chi connectivity index (χ2n) is 28.2. The van der Waals surface area contributed by atoms with Gasteiger partial charge in [0.25, 0.3) is 0 Å². The van der Waals surface area contributed by atoms with Crippen LogP contribution in [0.15, 0.2) is 72.9 Å². The van der Waals surface area contributed by atoms with Crippen molar-refractivity contribution in [3.8, 4) is 0 Å². The van der Waals surface area contributed by atoms with E-state index in [0.29, 0.717) is 12.8 Å². The summed E-state index contributed by atoms with van der Waals surface area (Å²) in [4.78, 5) is 13.5. The Morgan fingerprint density at radius 1 is 0.374 bits per heavy atom. The van der Waals surface area contributed by atoms with E-state index in [4.69, 9.17) is 28.4 Å². The predicted octanol–water partition coefficient (Wildman–Crippen LogP) is 12.8. The van der Waals surface area contributed by atoms with Gasteiger partial charge in [-0.2, -0.15) is 0 Å². The molecule has 0 radical (unpaired) electrons. The zero-order chi connectivity index (χ0) is 71.8. The molecule has 3 aliphatic heterocycles. The van der Waals surface area contributed by atoms with E-state index < -0.39 is 124 Å².